The van der Waals surface area contributed by atoms with Gasteiger partial charge in [0.2, 0.25) is 0 Å². The molecule has 2 fully saturated rings. The molecule has 2 aromatic rings. The summed E-state index contributed by atoms with van der Waals surface area (Å²) >= 11 is 0. The average Bonchev–Trinajstić information content (AvgIpc) is 3.43. The van der Waals surface area contributed by atoms with Crippen LogP contribution >= 0.6 is 0 Å². The number of piperazine rings is 1. The Morgan fingerprint density at radius 2 is 1.90 bits per heavy atom. The van der Waals surface area contributed by atoms with E-state index in [0.29, 0.717) is 30.8 Å². The summed E-state index contributed by atoms with van der Waals surface area (Å²) in [5.74, 6) is 0.641. The normalized spacial score (nSPS) is 20.4. The van der Waals surface area contributed by atoms with Crippen molar-refractivity contribution in [3.63, 3.8) is 0 Å². The van der Waals surface area contributed by atoms with Gasteiger partial charge in [0.25, 0.3) is 5.91 Å². The van der Waals surface area contributed by atoms with Gasteiger partial charge in [-0.25, -0.2) is 4.79 Å². The molecule has 168 valence electrons. The van der Waals surface area contributed by atoms with E-state index in [9.17, 15) is 9.59 Å². The van der Waals surface area contributed by atoms with E-state index < -0.39 is 0 Å². The first-order chi connectivity index (χ1) is 14.9. The molecular weight excluding hydrogens is 396 g/mol. The van der Waals surface area contributed by atoms with Crippen LogP contribution in [0.2, 0.25) is 0 Å². The van der Waals surface area contributed by atoms with Gasteiger partial charge in [0, 0.05) is 53.0 Å². The lowest BCUT2D eigenvalue weighted by atomic mass is 10.1. The molecule has 31 heavy (non-hydrogen) atoms. The molecule has 0 radical (unpaired) electrons. The first kappa shape index (κ1) is 21.5. The van der Waals surface area contributed by atoms with Crippen LogP contribution in [0.15, 0.2) is 18.3 Å². The van der Waals surface area contributed by atoms with Crippen molar-refractivity contribution in [2.45, 2.75) is 18.9 Å². The van der Waals surface area contributed by atoms with Gasteiger partial charge in [-0.15, -0.1) is 10.2 Å². The number of amides is 3. The van der Waals surface area contributed by atoms with Gasteiger partial charge in [0.1, 0.15) is 0 Å². The number of urea groups is 1. The van der Waals surface area contributed by atoms with Gasteiger partial charge >= 0.3 is 6.03 Å². The van der Waals surface area contributed by atoms with Gasteiger partial charge in [0.15, 0.2) is 11.5 Å². The summed E-state index contributed by atoms with van der Waals surface area (Å²) in [5, 5.41) is 11.7. The summed E-state index contributed by atoms with van der Waals surface area (Å²) < 4.78 is 1.88. The maximum Gasteiger partial charge on any atom is 0.319 e. The smallest absolute Gasteiger partial charge is 0.319 e. The van der Waals surface area contributed by atoms with Crippen LogP contribution in [-0.2, 0) is 0 Å². The molecule has 3 amide bonds. The molecule has 0 aliphatic carbocycles. The highest BCUT2D eigenvalue weighted by molar-refractivity contribution is 5.94. The Balaban J connectivity index is 1.49. The molecule has 1 atom stereocenters. The van der Waals surface area contributed by atoms with E-state index in [2.05, 4.69) is 25.3 Å². The maximum atomic E-state index is 12.7. The zero-order chi connectivity index (χ0) is 22.0. The van der Waals surface area contributed by atoms with Crippen LogP contribution in [-0.4, -0.2) is 113 Å². The second-order valence-electron chi connectivity index (χ2n) is 8.63. The number of hydrogen-bond donors (Lipinski definition) is 1. The molecule has 0 saturated carbocycles. The number of likely N-dealkylation sites (tertiary alicyclic amines) is 1. The van der Waals surface area contributed by atoms with Gasteiger partial charge < -0.3 is 20.0 Å². The molecule has 2 aromatic heterocycles. The zero-order valence-corrected chi connectivity index (χ0v) is 18.6. The Hall–Kier alpha value is -2.72. The number of carbonyl (C=O) groups is 2. The van der Waals surface area contributed by atoms with E-state index in [0.717, 1.165) is 32.0 Å². The van der Waals surface area contributed by atoms with Crippen LogP contribution in [0.4, 0.5) is 4.79 Å². The van der Waals surface area contributed by atoms with Crippen molar-refractivity contribution in [1.29, 1.82) is 0 Å². The molecule has 2 aliphatic rings. The van der Waals surface area contributed by atoms with E-state index in [1.807, 2.05) is 22.4 Å². The Bertz CT molecular complexity index is 937. The fourth-order valence-corrected chi connectivity index (χ4v) is 4.31. The summed E-state index contributed by atoms with van der Waals surface area (Å²) in [4.78, 5) is 33.1. The first-order valence-corrected chi connectivity index (χ1v) is 11.0. The summed E-state index contributed by atoms with van der Waals surface area (Å²) in [6.07, 6.45) is 4.29. The lowest BCUT2D eigenvalue weighted by molar-refractivity contribution is 0.0932. The number of hydrogen-bond acceptors (Lipinski definition) is 6. The highest BCUT2D eigenvalue weighted by Crippen LogP contribution is 2.24. The molecule has 4 heterocycles. The molecule has 0 aromatic carbocycles. The second-order valence-corrected chi connectivity index (χ2v) is 8.63. The fourth-order valence-electron chi connectivity index (χ4n) is 4.31. The number of fused-ring (bicyclic) bond motifs is 1. The van der Waals surface area contributed by atoms with Crippen LogP contribution in [0, 0.1) is 0 Å². The maximum absolute atomic E-state index is 12.7. The SMILES string of the molecule is CN(C)C(=O)N1CCN(C)[C@H](c2nnc3ccc(C(=O)NCCN4CCCC4)cn23)C1. The topological polar surface area (TPSA) is 89.3 Å². The number of carbonyl (C=O) groups excluding carboxylic acids is 2. The molecule has 0 spiro atoms. The zero-order valence-electron chi connectivity index (χ0n) is 18.6. The number of likely N-dealkylation sites (N-methyl/N-ethyl adjacent to an activating group) is 1. The van der Waals surface area contributed by atoms with Crippen molar-refractivity contribution in [2.75, 3.05) is 67.0 Å². The molecule has 0 bridgehead atoms. The number of rotatable bonds is 5. The van der Waals surface area contributed by atoms with Gasteiger partial charge in [-0.1, -0.05) is 0 Å². The lowest BCUT2D eigenvalue weighted by Gasteiger charge is -2.39. The standard InChI is InChI=1S/C21H32N8O2/c1-25(2)21(31)28-13-12-26(3)17(15-28)19-24-23-18-7-6-16(14-29(18)19)20(30)22-8-11-27-9-4-5-10-27/h6-7,14,17H,4-5,8-13,15H2,1-3H3,(H,22,30)/t17-/m0/s1. The highest BCUT2D eigenvalue weighted by Gasteiger charge is 2.32. The van der Waals surface area contributed by atoms with Crippen LogP contribution in [0.5, 0.6) is 0 Å². The lowest BCUT2D eigenvalue weighted by Crippen LogP contribution is -2.52. The first-order valence-electron chi connectivity index (χ1n) is 11.0. The molecule has 10 heteroatoms. The summed E-state index contributed by atoms with van der Waals surface area (Å²) in [6, 6.07) is 3.49. The number of pyridine rings is 1. The van der Waals surface area contributed by atoms with Crippen LogP contribution in [0.3, 0.4) is 0 Å². The van der Waals surface area contributed by atoms with Crippen molar-refractivity contribution >= 4 is 17.6 Å². The van der Waals surface area contributed by atoms with E-state index >= 15 is 0 Å². The Morgan fingerprint density at radius 1 is 1.13 bits per heavy atom. The second kappa shape index (κ2) is 9.19. The van der Waals surface area contributed by atoms with Crippen molar-refractivity contribution < 1.29 is 9.59 Å². The third-order valence-corrected chi connectivity index (χ3v) is 6.20. The van der Waals surface area contributed by atoms with Crippen LogP contribution < -0.4 is 5.32 Å². The highest BCUT2D eigenvalue weighted by atomic mass is 16.2. The molecule has 10 nitrogen and oxygen atoms in total. The summed E-state index contributed by atoms with van der Waals surface area (Å²) in [6.45, 7) is 5.71. The van der Waals surface area contributed by atoms with E-state index in [-0.39, 0.29) is 18.0 Å². The monoisotopic (exact) mass is 428 g/mol. The minimum Gasteiger partial charge on any atom is -0.351 e. The summed E-state index contributed by atoms with van der Waals surface area (Å²) in [5.41, 5.74) is 1.27. The number of nitrogens with one attached hydrogen (secondary N) is 1. The van der Waals surface area contributed by atoms with Gasteiger partial charge in [0.05, 0.1) is 11.6 Å². The largest absolute Gasteiger partial charge is 0.351 e. The quantitative estimate of drug-likeness (QED) is 0.747. The number of aromatic nitrogens is 3. The molecule has 2 aliphatic heterocycles. The summed E-state index contributed by atoms with van der Waals surface area (Å²) in [7, 11) is 5.55. The third kappa shape index (κ3) is 4.64. The molecule has 2 saturated heterocycles. The van der Waals surface area contributed by atoms with Crippen molar-refractivity contribution in [1.82, 2.24) is 39.5 Å². The Kier molecular flexibility index (Phi) is 6.38. The van der Waals surface area contributed by atoms with Crippen molar-refractivity contribution in [3.8, 4) is 0 Å². The minimum absolute atomic E-state index is 0.00927. The van der Waals surface area contributed by atoms with Gasteiger partial charge in [-0.2, -0.15) is 0 Å². The Morgan fingerprint density at radius 3 is 2.65 bits per heavy atom. The fraction of sp³-hybridized carbons (Fsp3) is 0.619. The van der Waals surface area contributed by atoms with Gasteiger partial charge in [-0.05, 0) is 45.1 Å². The molecule has 0 unspecified atom stereocenters. The van der Waals surface area contributed by atoms with Gasteiger partial charge in [-0.3, -0.25) is 14.1 Å². The number of nitrogens with zero attached hydrogens (tertiary/aromatic N) is 7. The van der Waals surface area contributed by atoms with E-state index in [1.165, 1.54) is 12.8 Å². The average molecular weight is 429 g/mol. The predicted octanol–water partition coefficient (Wildman–Crippen LogP) is 0.525. The third-order valence-electron chi connectivity index (χ3n) is 6.20. The van der Waals surface area contributed by atoms with Crippen LogP contribution in [0.25, 0.3) is 5.65 Å². The van der Waals surface area contributed by atoms with E-state index in [4.69, 9.17) is 0 Å². The van der Waals surface area contributed by atoms with Crippen LogP contribution in [0.1, 0.15) is 35.1 Å². The molecule has 4 rings (SSSR count). The molecule has 1 N–H and O–H groups in total. The molecular formula is C21H32N8O2. The predicted molar refractivity (Wildman–Crippen MR) is 117 cm³/mol. The van der Waals surface area contributed by atoms with Crippen molar-refractivity contribution in [2.24, 2.45) is 0 Å². The van der Waals surface area contributed by atoms with E-state index in [1.54, 1.807) is 31.3 Å². The minimum atomic E-state index is -0.0962. The Labute approximate surface area is 182 Å². The van der Waals surface area contributed by atoms with Crippen molar-refractivity contribution in [3.05, 3.63) is 29.7 Å².